The minimum atomic E-state index is 0.610. The maximum absolute atomic E-state index is 4.07. The molecule has 0 amide bonds. The van der Waals surface area contributed by atoms with E-state index in [2.05, 4.69) is 46.0 Å². The van der Waals surface area contributed by atoms with E-state index in [9.17, 15) is 0 Å². The molecule has 3 rings (SSSR count). The maximum Gasteiger partial charge on any atom is 0.0651 e. The van der Waals surface area contributed by atoms with Gasteiger partial charge < -0.3 is 10.6 Å². The molecule has 1 aromatic heterocycles. The zero-order chi connectivity index (χ0) is 13.8. The highest BCUT2D eigenvalue weighted by Gasteiger charge is 2.20. The molecule has 1 aromatic carbocycles. The second-order valence-electron chi connectivity index (χ2n) is 5.82. The Kier molecular flexibility index (Phi) is 4.21. The predicted octanol–water partition coefficient (Wildman–Crippen LogP) is 3.29. The molecule has 1 aliphatic rings. The molecule has 0 spiro atoms. The van der Waals surface area contributed by atoms with Crippen LogP contribution >= 0.6 is 0 Å². The molecule has 0 unspecified atom stereocenters. The summed E-state index contributed by atoms with van der Waals surface area (Å²) in [6, 6.07) is 7.75. The van der Waals surface area contributed by atoms with Crippen molar-refractivity contribution in [3.8, 4) is 0 Å². The standard InChI is InChI=1S/C16H24N4/c1-2-9-17-13-3-5-14(6-4-13)19-15-7-8-16-12(10-15)11-18-20-16/h7-8,10-11,13-14,17,19H,2-6,9H2,1H3,(H,18,20)/t13-,14-. The molecule has 1 aliphatic carbocycles. The van der Waals surface area contributed by atoms with Crippen LogP contribution in [0.3, 0.4) is 0 Å². The lowest BCUT2D eigenvalue weighted by atomic mass is 9.91. The van der Waals surface area contributed by atoms with Crippen LogP contribution in [0.1, 0.15) is 39.0 Å². The zero-order valence-electron chi connectivity index (χ0n) is 12.2. The van der Waals surface area contributed by atoms with Gasteiger partial charge in [0.15, 0.2) is 0 Å². The van der Waals surface area contributed by atoms with E-state index in [0.29, 0.717) is 6.04 Å². The van der Waals surface area contributed by atoms with Crippen molar-refractivity contribution >= 4 is 16.6 Å². The first kappa shape index (κ1) is 13.4. The Morgan fingerprint density at radius 1 is 1.20 bits per heavy atom. The van der Waals surface area contributed by atoms with Crippen molar-refractivity contribution < 1.29 is 0 Å². The summed E-state index contributed by atoms with van der Waals surface area (Å²) in [4.78, 5) is 0. The monoisotopic (exact) mass is 272 g/mol. The fraction of sp³-hybridized carbons (Fsp3) is 0.562. The van der Waals surface area contributed by atoms with Gasteiger partial charge in [0, 0.05) is 23.2 Å². The molecule has 1 fully saturated rings. The summed E-state index contributed by atoms with van der Waals surface area (Å²) in [5.74, 6) is 0. The molecule has 0 aliphatic heterocycles. The summed E-state index contributed by atoms with van der Waals surface area (Å²) in [6.07, 6.45) is 8.18. The number of fused-ring (bicyclic) bond motifs is 1. The summed E-state index contributed by atoms with van der Waals surface area (Å²) in [7, 11) is 0. The number of H-pyrrole nitrogens is 1. The van der Waals surface area contributed by atoms with Crippen LogP contribution in [-0.2, 0) is 0 Å². The van der Waals surface area contributed by atoms with Crippen molar-refractivity contribution in [3.05, 3.63) is 24.4 Å². The number of nitrogens with one attached hydrogen (secondary N) is 3. The first-order valence-electron chi connectivity index (χ1n) is 7.78. The minimum absolute atomic E-state index is 0.610. The molecular formula is C16H24N4. The third-order valence-electron chi connectivity index (χ3n) is 4.22. The summed E-state index contributed by atoms with van der Waals surface area (Å²) in [5, 5.41) is 15.5. The van der Waals surface area contributed by atoms with E-state index in [-0.39, 0.29) is 0 Å². The fourth-order valence-corrected chi connectivity index (χ4v) is 3.06. The molecule has 0 bridgehead atoms. The van der Waals surface area contributed by atoms with Crippen LogP contribution in [-0.4, -0.2) is 28.8 Å². The average Bonchev–Trinajstić information content (AvgIpc) is 2.94. The SMILES string of the molecule is CCCN[C@H]1CC[C@H](Nc2ccc3[nH]ncc3c2)CC1. The minimum Gasteiger partial charge on any atom is -0.382 e. The van der Waals surface area contributed by atoms with E-state index in [1.54, 1.807) is 0 Å². The molecule has 0 atom stereocenters. The molecule has 108 valence electrons. The van der Waals surface area contributed by atoms with E-state index in [0.717, 1.165) is 18.1 Å². The van der Waals surface area contributed by atoms with Gasteiger partial charge >= 0.3 is 0 Å². The molecule has 4 nitrogen and oxygen atoms in total. The van der Waals surface area contributed by atoms with Crippen LogP contribution in [0.5, 0.6) is 0 Å². The summed E-state index contributed by atoms with van der Waals surface area (Å²) in [5.41, 5.74) is 2.31. The van der Waals surface area contributed by atoms with E-state index < -0.39 is 0 Å². The second kappa shape index (κ2) is 6.27. The van der Waals surface area contributed by atoms with Gasteiger partial charge in [0.1, 0.15) is 0 Å². The van der Waals surface area contributed by atoms with Crippen molar-refractivity contribution in [2.75, 3.05) is 11.9 Å². The van der Waals surface area contributed by atoms with Crippen molar-refractivity contribution in [2.45, 2.75) is 51.1 Å². The number of anilines is 1. The third-order valence-corrected chi connectivity index (χ3v) is 4.22. The van der Waals surface area contributed by atoms with E-state index >= 15 is 0 Å². The normalized spacial score (nSPS) is 23.1. The number of benzene rings is 1. The highest BCUT2D eigenvalue weighted by atomic mass is 15.1. The van der Waals surface area contributed by atoms with Crippen LogP contribution in [0.2, 0.25) is 0 Å². The number of aromatic amines is 1. The van der Waals surface area contributed by atoms with Gasteiger partial charge in [0.25, 0.3) is 0 Å². The van der Waals surface area contributed by atoms with Crippen molar-refractivity contribution in [1.29, 1.82) is 0 Å². The number of hydrogen-bond donors (Lipinski definition) is 3. The number of rotatable bonds is 5. The number of hydrogen-bond acceptors (Lipinski definition) is 3. The highest BCUT2D eigenvalue weighted by molar-refractivity contribution is 5.81. The van der Waals surface area contributed by atoms with Crippen molar-refractivity contribution in [3.63, 3.8) is 0 Å². The highest BCUT2D eigenvalue weighted by Crippen LogP contribution is 2.24. The predicted molar refractivity (Wildman–Crippen MR) is 84.1 cm³/mol. The van der Waals surface area contributed by atoms with E-state index in [1.807, 2.05) is 6.20 Å². The molecular weight excluding hydrogens is 248 g/mol. The van der Waals surface area contributed by atoms with Gasteiger partial charge in [-0.1, -0.05) is 6.92 Å². The van der Waals surface area contributed by atoms with Gasteiger partial charge in [-0.2, -0.15) is 5.10 Å². The van der Waals surface area contributed by atoms with Gasteiger partial charge in [-0.3, -0.25) is 5.10 Å². The molecule has 20 heavy (non-hydrogen) atoms. The molecule has 0 radical (unpaired) electrons. The quantitative estimate of drug-likeness (QED) is 0.783. The Hall–Kier alpha value is -1.55. The van der Waals surface area contributed by atoms with Gasteiger partial charge in [-0.15, -0.1) is 0 Å². The van der Waals surface area contributed by atoms with Crippen LogP contribution < -0.4 is 10.6 Å². The third kappa shape index (κ3) is 3.12. The zero-order valence-corrected chi connectivity index (χ0v) is 12.2. The average molecular weight is 272 g/mol. The molecule has 4 heteroatoms. The Morgan fingerprint density at radius 2 is 2.00 bits per heavy atom. The number of nitrogens with zero attached hydrogens (tertiary/aromatic N) is 1. The fourth-order valence-electron chi connectivity index (χ4n) is 3.06. The van der Waals surface area contributed by atoms with E-state index in [4.69, 9.17) is 0 Å². The maximum atomic E-state index is 4.07. The lowest BCUT2D eigenvalue weighted by molar-refractivity contribution is 0.355. The topological polar surface area (TPSA) is 52.7 Å². The molecule has 0 saturated heterocycles. The van der Waals surface area contributed by atoms with Crippen LogP contribution in [0.25, 0.3) is 10.9 Å². The Bertz CT molecular complexity index is 540. The van der Waals surface area contributed by atoms with Crippen molar-refractivity contribution in [2.24, 2.45) is 0 Å². The largest absolute Gasteiger partial charge is 0.382 e. The van der Waals surface area contributed by atoms with Crippen LogP contribution in [0, 0.1) is 0 Å². The lowest BCUT2D eigenvalue weighted by Gasteiger charge is -2.30. The van der Waals surface area contributed by atoms with Gasteiger partial charge in [-0.25, -0.2) is 0 Å². The Balaban J connectivity index is 1.53. The number of aromatic nitrogens is 2. The van der Waals surface area contributed by atoms with Gasteiger partial charge in [0.2, 0.25) is 0 Å². The Labute approximate surface area is 120 Å². The van der Waals surface area contributed by atoms with Gasteiger partial charge in [-0.05, 0) is 56.8 Å². The molecule has 1 saturated carbocycles. The summed E-state index contributed by atoms with van der Waals surface area (Å²) in [6.45, 7) is 3.38. The second-order valence-corrected chi connectivity index (χ2v) is 5.82. The van der Waals surface area contributed by atoms with Crippen LogP contribution in [0.15, 0.2) is 24.4 Å². The van der Waals surface area contributed by atoms with E-state index in [1.165, 1.54) is 43.2 Å². The summed E-state index contributed by atoms with van der Waals surface area (Å²) >= 11 is 0. The van der Waals surface area contributed by atoms with Gasteiger partial charge in [0.05, 0.1) is 11.7 Å². The first-order chi connectivity index (χ1) is 9.85. The first-order valence-corrected chi connectivity index (χ1v) is 7.78. The molecule has 3 N–H and O–H groups in total. The Morgan fingerprint density at radius 3 is 2.80 bits per heavy atom. The lowest BCUT2D eigenvalue weighted by Crippen LogP contribution is -2.37. The smallest absolute Gasteiger partial charge is 0.0651 e. The van der Waals surface area contributed by atoms with Crippen molar-refractivity contribution in [1.82, 2.24) is 15.5 Å². The van der Waals surface area contributed by atoms with Crippen LogP contribution in [0.4, 0.5) is 5.69 Å². The molecule has 2 aromatic rings. The summed E-state index contributed by atoms with van der Waals surface area (Å²) < 4.78 is 0. The molecule has 1 heterocycles.